The molecule has 0 aliphatic carbocycles. The lowest BCUT2D eigenvalue weighted by molar-refractivity contribution is 0.276. The van der Waals surface area contributed by atoms with E-state index in [-0.39, 0.29) is 0 Å². The smallest absolute Gasteiger partial charge is 0.0454 e. The Balaban J connectivity index is 2.56. The first kappa shape index (κ1) is 14.5. The minimum Gasteiger partial charge on any atom is -0.326 e. The van der Waals surface area contributed by atoms with Crippen molar-refractivity contribution in [2.24, 2.45) is 5.73 Å². The molecule has 0 heterocycles. The van der Waals surface area contributed by atoms with E-state index in [0.717, 1.165) is 35.8 Å². The average Bonchev–Trinajstić information content (AvgIpc) is 2.29. The zero-order valence-electron chi connectivity index (χ0n) is 10.9. The largest absolute Gasteiger partial charge is 0.326 e. The Hall–Kier alpha value is -0.610. The minimum atomic E-state index is 0.538. The van der Waals surface area contributed by atoms with Crippen LogP contribution in [0.25, 0.3) is 0 Å². The van der Waals surface area contributed by atoms with Gasteiger partial charge in [0.15, 0.2) is 0 Å². The van der Waals surface area contributed by atoms with Gasteiger partial charge in [-0.3, -0.25) is 0 Å². The molecule has 0 unspecified atom stereocenters. The Morgan fingerprint density at radius 1 is 1.18 bits per heavy atom. The molecule has 17 heavy (non-hydrogen) atoms. The number of halogens is 1. The standard InChI is InChI=1S/C13H22ClN3/c1-16(2)6-7-17(3)10-12-5-4-11(9-15)8-13(12)14/h4-5,8H,6-7,9-10,15H2,1-3H3. The van der Waals surface area contributed by atoms with Gasteiger partial charge in [0.25, 0.3) is 0 Å². The van der Waals surface area contributed by atoms with E-state index in [1.54, 1.807) is 0 Å². The first-order chi connectivity index (χ1) is 8.02. The monoisotopic (exact) mass is 255 g/mol. The predicted octanol–water partition coefficient (Wildman–Crippen LogP) is 1.79. The molecule has 1 aromatic carbocycles. The number of likely N-dealkylation sites (N-methyl/N-ethyl adjacent to an activating group) is 2. The summed E-state index contributed by atoms with van der Waals surface area (Å²) >= 11 is 6.22. The Bertz CT molecular complexity index is 353. The molecule has 0 amide bonds. The Labute approximate surface area is 109 Å². The lowest BCUT2D eigenvalue weighted by Gasteiger charge is -2.20. The van der Waals surface area contributed by atoms with Gasteiger partial charge in [-0.05, 0) is 38.3 Å². The van der Waals surface area contributed by atoms with Gasteiger partial charge in [-0.2, -0.15) is 0 Å². The third-order valence-corrected chi connectivity index (χ3v) is 3.07. The fourth-order valence-electron chi connectivity index (χ4n) is 1.59. The Morgan fingerprint density at radius 3 is 2.41 bits per heavy atom. The van der Waals surface area contributed by atoms with Crippen LogP contribution < -0.4 is 5.73 Å². The van der Waals surface area contributed by atoms with Crippen molar-refractivity contribution in [1.29, 1.82) is 0 Å². The van der Waals surface area contributed by atoms with Crippen molar-refractivity contribution >= 4 is 11.6 Å². The predicted molar refractivity (Wildman–Crippen MR) is 74.2 cm³/mol. The van der Waals surface area contributed by atoms with Crippen molar-refractivity contribution in [3.8, 4) is 0 Å². The van der Waals surface area contributed by atoms with Crippen LogP contribution in [-0.2, 0) is 13.1 Å². The zero-order valence-corrected chi connectivity index (χ0v) is 11.7. The van der Waals surface area contributed by atoms with Crippen LogP contribution in [0.2, 0.25) is 5.02 Å². The van der Waals surface area contributed by atoms with Crippen molar-refractivity contribution < 1.29 is 0 Å². The van der Waals surface area contributed by atoms with Crippen molar-refractivity contribution in [2.45, 2.75) is 13.1 Å². The molecule has 0 fully saturated rings. The molecule has 0 aliphatic rings. The van der Waals surface area contributed by atoms with Gasteiger partial charge in [0.2, 0.25) is 0 Å². The molecule has 0 atom stereocenters. The number of hydrogen-bond acceptors (Lipinski definition) is 3. The second kappa shape index (κ2) is 6.97. The maximum atomic E-state index is 6.22. The second-order valence-corrected chi connectivity index (χ2v) is 5.08. The maximum absolute atomic E-state index is 6.22. The fourth-order valence-corrected chi connectivity index (χ4v) is 1.85. The van der Waals surface area contributed by atoms with Crippen molar-refractivity contribution in [1.82, 2.24) is 9.80 Å². The average molecular weight is 256 g/mol. The van der Waals surface area contributed by atoms with Crippen LogP contribution in [0.5, 0.6) is 0 Å². The molecule has 0 bridgehead atoms. The van der Waals surface area contributed by atoms with E-state index in [4.69, 9.17) is 17.3 Å². The molecule has 0 aliphatic heterocycles. The van der Waals surface area contributed by atoms with E-state index in [9.17, 15) is 0 Å². The molecule has 0 spiro atoms. The third kappa shape index (κ3) is 5.04. The topological polar surface area (TPSA) is 32.5 Å². The van der Waals surface area contributed by atoms with Crippen molar-refractivity contribution in [3.63, 3.8) is 0 Å². The summed E-state index contributed by atoms with van der Waals surface area (Å²) in [5.41, 5.74) is 7.81. The lowest BCUT2D eigenvalue weighted by Crippen LogP contribution is -2.28. The summed E-state index contributed by atoms with van der Waals surface area (Å²) in [4.78, 5) is 4.44. The van der Waals surface area contributed by atoms with Gasteiger partial charge in [-0.1, -0.05) is 23.7 Å². The number of benzene rings is 1. The summed E-state index contributed by atoms with van der Waals surface area (Å²) in [6.07, 6.45) is 0. The highest BCUT2D eigenvalue weighted by Gasteiger charge is 2.05. The van der Waals surface area contributed by atoms with Crippen LogP contribution in [-0.4, -0.2) is 44.0 Å². The van der Waals surface area contributed by atoms with Crippen LogP contribution in [0.15, 0.2) is 18.2 Å². The van der Waals surface area contributed by atoms with Gasteiger partial charge in [0.05, 0.1) is 0 Å². The molecule has 1 aromatic rings. The van der Waals surface area contributed by atoms with E-state index in [1.807, 2.05) is 12.1 Å². The lowest BCUT2D eigenvalue weighted by atomic mass is 10.1. The highest BCUT2D eigenvalue weighted by Crippen LogP contribution is 2.19. The van der Waals surface area contributed by atoms with Gasteiger partial charge in [-0.25, -0.2) is 0 Å². The van der Waals surface area contributed by atoms with Gasteiger partial charge >= 0.3 is 0 Å². The molecule has 0 aromatic heterocycles. The van der Waals surface area contributed by atoms with Crippen LogP contribution in [0, 0.1) is 0 Å². The van der Waals surface area contributed by atoms with E-state index in [1.165, 1.54) is 0 Å². The second-order valence-electron chi connectivity index (χ2n) is 4.67. The van der Waals surface area contributed by atoms with Crippen LogP contribution in [0.3, 0.4) is 0 Å². The Morgan fingerprint density at radius 2 is 1.88 bits per heavy atom. The maximum Gasteiger partial charge on any atom is 0.0454 e. The number of nitrogens with two attached hydrogens (primary N) is 1. The highest BCUT2D eigenvalue weighted by atomic mass is 35.5. The molecular weight excluding hydrogens is 234 g/mol. The quantitative estimate of drug-likeness (QED) is 0.841. The summed E-state index contributed by atoms with van der Waals surface area (Å²) in [6, 6.07) is 6.06. The normalized spacial score (nSPS) is 11.5. The van der Waals surface area contributed by atoms with Crippen molar-refractivity contribution in [3.05, 3.63) is 34.3 Å². The van der Waals surface area contributed by atoms with Gasteiger partial charge in [-0.15, -0.1) is 0 Å². The molecular formula is C13H22ClN3. The van der Waals surface area contributed by atoms with Gasteiger partial charge in [0, 0.05) is 31.2 Å². The molecule has 96 valence electrons. The molecule has 0 radical (unpaired) electrons. The van der Waals surface area contributed by atoms with Crippen LogP contribution >= 0.6 is 11.6 Å². The number of nitrogens with zero attached hydrogens (tertiary/aromatic N) is 2. The zero-order chi connectivity index (χ0) is 12.8. The van der Waals surface area contributed by atoms with E-state index >= 15 is 0 Å². The van der Waals surface area contributed by atoms with Gasteiger partial charge in [0.1, 0.15) is 0 Å². The Kier molecular flexibility index (Phi) is 5.92. The highest BCUT2D eigenvalue weighted by molar-refractivity contribution is 6.31. The van der Waals surface area contributed by atoms with Gasteiger partial charge < -0.3 is 15.5 Å². The molecule has 3 nitrogen and oxygen atoms in total. The van der Waals surface area contributed by atoms with E-state index in [2.05, 4.69) is 37.0 Å². The fraction of sp³-hybridized carbons (Fsp3) is 0.538. The minimum absolute atomic E-state index is 0.538. The summed E-state index contributed by atoms with van der Waals surface area (Å²) in [6.45, 7) is 3.49. The molecule has 2 N–H and O–H groups in total. The summed E-state index contributed by atoms with van der Waals surface area (Å²) in [5.74, 6) is 0. The van der Waals surface area contributed by atoms with Crippen LogP contribution in [0.4, 0.5) is 0 Å². The van der Waals surface area contributed by atoms with E-state index in [0.29, 0.717) is 6.54 Å². The number of rotatable bonds is 6. The molecule has 1 rings (SSSR count). The van der Waals surface area contributed by atoms with E-state index < -0.39 is 0 Å². The molecule has 0 saturated carbocycles. The summed E-state index contributed by atoms with van der Waals surface area (Å²) in [7, 11) is 6.27. The third-order valence-electron chi connectivity index (χ3n) is 2.72. The molecule has 4 heteroatoms. The SMILES string of the molecule is CN(C)CCN(C)Cc1ccc(CN)cc1Cl. The van der Waals surface area contributed by atoms with Crippen molar-refractivity contribution in [2.75, 3.05) is 34.2 Å². The summed E-state index contributed by atoms with van der Waals surface area (Å²) < 4.78 is 0. The summed E-state index contributed by atoms with van der Waals surface area (Å²) in [5, 5.41) is 0.810. The number of hydrogen-bond donors (Lipinski definition) is 1. The first-order valence-electron chi connectivity index (χ1n) is 5.83. The first-order valence-corrected chi connectivity index (χ1v) is 6.21. The van der Waals surface area contributed by atoms with Crippen LogP contribution in [0.1, 0.15) is 11.1 Å². The molecule has 0 saturated heterocycles.